The predicted molar refractivity (Wildman–Crippen MR) is 117 cm³/mol. The lowest BCUT2D eigenvalue weighted by molar-refractivity contribution is 0.417. The molecule has 30 heavy (non-hydrogen) atoms. The smallest absolute Gasteiger partial charge is 0.123 e. The third-order valence-corrected chi connectivity index (χ3v) is 5.36. The van der Waals surface area contributed by atoms with Gasteiger partial charge in [-0.1, -0.05) is 41.5 Å². The van der Waals surface area contributed by atoms with Gasteiger partial charge in [0, 0.05) is 23.3 Å². The van der Waals surface area contributed by atoms with Crippen LogP contribution in [0, 0.1) is 0 Å². The first-order valence-corrected chi connectivity index (χ1v) is 9.97. The van der Waals surface area contributed by atoms with E-state index in [9.17, 15) is 20.4 Å². The summed E-state index contributed by atoms with van der Waals surface area (Å²) in [5.74, 6) is -0.307. The molecule has 1 heterocycles. The highest BCUT2D eigenvalue weighted by molar-refractivity contribution is 5.58. The number of hydrogen-bond acceptors (Lipinski definition) is 5. The number of phenols is 4. The van der Waals surface area contributed by atoms with Crippen LogP contribution in [0.25, 0.3) is 0 Å². The van der Waals surface area contributed by atoms with Crippen molar-refractivity contribution in [2.24, 2.45) is 0 Å². The van der Waals surface area contributed by atoms with Gasteiger partial charge in [-0.2, -0.15) is 0 Å². The second-order valence-corrected chi connectivity index (χ2v) is 9.80. The summed E-state index contributed by atoms with van der Waals surface area (Å²) in [6.45, 7) is 11.8. The van der Waals surface area contributed by atoms with Crippen LogP contribution in [0.4, 0.5) is 0 Å². The molecule has 0 saturated heterocycles. The van der Waals surface area contributed by atoms with Crippen LogP contribution in [0.5, 0.6) is 23.0 Å². The van der Waals surface area contributed by atoms with Gasteiger partial charge in [-0.05, 0) is 46.2 Å². The molecule has 160 valence electrons. The summed E-state index contributed by atoms with van der Waals surface area (Å²) in [4.78, 5) is 0. The maximum atomic E-state index is 10.8. The Morgan fingerprint density at radius 2 is 1.10 bits per heavy atom. The third kappa shape index (κ3) is 3.97. The number of benzene rings is 2. The van der Waals surface area contributed by atoms with Gasteiger partial charge >= 0.3 is 0 Å². The van der Waals surface area contributed by atoms with Crippen molar-refractivity contribution >= 4 is 0 Å². The van der Waals surface area contributed by atoms with Crippen molar-refractivity contribution in [2.45, 2.75) is 58.3 Å². The number of furan rings is 1. The van der Waals surface area contributed by atoms with E-state index < -0.39 is 5.92 Å². The van der Waals surface area contributed by atoms with Crippen LogP contribution in [0.1, 0.15) is 75.5 Å². The highest BCUT2D eigenvalue weighted by Crippen LogP contribution is 2.47. The Hall–Kier alpha value is -3.08. The van der Waals surface area contributed by atoms with Crippen LogP contribution in [0.3, 0.4) is 0 Å². The van der Waals surface area contributed by atoms with Crippen LogP contribution in [-0.2, 0) is 10.8 Å². The summed E-state index contributed by atoms with van der Waals surface area (Å²) in [6, 6.07) is 9.67. The number of hydrogen-bond donors (Lipinski definition) is 4. The van der Waals surface area contributed by atoms with Crippen LogP contribution < -0.4 is 0 Å². The Kier molecular flexibility index (Phi) is 5.27. The lowest BCUT2D eigenvalue weighted by atomic mass is 9.79. The second kappa shape index (κ2) is 7.31. The van der Waals surface area contributed by atoms with Gasteiger partial charge in [0.05, 0.1) is 12.2 Å². The van der Waals surface area contributed by atoms with Crippen LogP contribution in [-0.4, -0.2) is 20.4 Å². The van der Waals surface area contributed by atoms with Crippen molar-refractivity contribution in [3.05, 3.63) is 70.7 Å². The summed E-state index contributed by atoms with van der Waals surface area (Å²) in [5.41, 5.74) is 1.59. The molecule has 5 nitrogen and oxygen atoms in total. The van der Waals surface area contributed by atoms with Crippen LogP contribution in [0.2, 0.25) is 0 Å². The standard InChI is InChI=1S/C25H30O5/c1-24(2,3)16-10-14(18(26)12-20(16)28)23(22-8-7-9-30-22)15-11-17(25(4,5)6)21(29)13-19(15)27/h7-13,23,26-29H,1-6H3. The Bertz CT molecular complexity index is 981. The molecule has 0 aliphatic carbocycles. The van der Waals surface area contributed by atoms with Gasteiger partial charge < -0.3 is 24.8 Å². The largest absolute Gasteiger partial charge is 0.508 e. The predicted octanol–water partition coefficient (Wildman–Crippen LogP) is 5.88. The Balaban J connectivity index is 2.34. The molecule has 0 radical (unpaired) electrons. The zero-order valence-corrected chi connectivity index (χ0v) is 18.3. The van der Waals surface area contributed by atoms with E-state index in [2.05, 4.69) is 0 Å². The average molecular weight is 411 g/mol. The molecular formula is C25H30O5. The van der Waals surface area contributed by atoms with E-state index in [1.165, 1.54) is 18.4 Å². The van der Waals surface area contributed by atoms with E-state index in [4.69, 9.17) is 4.42 Å². The van der Waals surface area contributed by atoms with Crippen LogP contribution in [0.15, 0.2) is 47.1 Å². The molecule has 2 aromatic carbocycles. The summed E-state index contributed by atoms with van der Waals surface area (Å²) in [6.07, 6.45) is 1.53. The number of aromatic hydroxyl groups is 4. The first-order chi connectivity index (χ1) is 13.8. The van der Waals surface area contributed by atoms with Gasteiger partial charge in [0.2, 0.25) is 0 Å². The minimum atomic E-state index is -0.636. The van der Waals surface area contributed by atoms with Crippen molar-refractivity contribution in [2.75, 3.05) is 0 Å². The minimum Gasteiger partial charge on any atom is -0.508 e. The first-order valence-electron chi connectivity index (χ1n) is 9.97. The van der Waals surface area contributed by atoms with Crippen molar-refractivity contribution in [1.29, 1.82) is 0 Å². The maximum absolute atomic E-state index is 10.8. The summed E-state index contributed by atoms with van der Waals surface area (Å²) in [7, 11) is 0. The van der Waals surface area contributed by atoms with Gasteiger partial charge in [-0.25, -0.2) is 0 Å². The average Bonchev–Trinajstić information content (AvgIpc) is 3.10. The van der Waals surface area contributed by atoms with Crippen molar-refractivity contribution in [3.8, 4) is 23.0 Å². The van der Waals surface area contributed by atoms with E-state index in [-0.39, 0.29) is 33.8 Å². The van der Waals surface area contributed by atoms with Gasteiger partial charge in [0.15, 0.2) is 0 Å². The highest BCUT2D eigenvalue weighted by atomic mass is 16.3. The Morgan fingerprint density at radius 1 is 0.667 bits per heavy atom. The number of phenolic OH excluding ortho intramolecular Hbond substituents is 4. The molecule has 0 fully saturated rings. The summed E-state index contributed by atoms with van der Waals surface area (Å²) >= 11 is 0. The molecule has 0 bridgehead atoms. The van der Waals surface area contributed by atoms with Crippen molar-refractivity contribution in [3.63, 3.8) is 0 Å². The minimum absolute atomic E-state index is 0.00672. The first kappa shape index (κ1) is 21.6. The molecule has 3 aromatic rings. The van der Waals surface area contributed by atoms with Gasteiger partial charge in [-0.3, -0.25) is 0 Å². The van der Waals surface area contributed by atoms with E-state index in [0.29, 0.717) is 28.0 Å². The summed E-state index contributed by atoms with van der Waals surface area (Å²) < 4.78 is 5.68. The normalized spacial score (nSPS) is 12.5. The molecule has 0 saturated carbocycles. The Morgan fingerprint density at radius 3 is 1.43 bits per heavy atom. The lowest BCUT2D eigenvalue weighted by Crippen LogP contribution is -2.15. The van der Waals surface area contributed by atoms with Crippen molar-refractivity contribution in [1.82, 2.24) is 0 Å². The second-order valence-electron chi connectivity index (χ2n) is 9.80. The van der Waals surface area contributed by atoms with E-state index in [1.54, 1.807) is 24.3 Å². The molecule has 0 aliphatic heterocycles. The topological polar surface area (TPSA) is 94.1 Å². The molecular weight excluding hydrogens is 380 g/mol. The molecule has 3 rings (SSSR count). The molecule has 0 atom stereocenters. The summed E-state index contributed by atoms with van der Waals surface area (Å²) in [5, 5.41) is 42.3. The number of rotatable bonds is 3. The quantitative estimate of drug-likeness (QED) is 0.433. The molecule has 0 unspecified atom stereocenters. The van der Waals surface area contributed by atoms with Gasteiger partial charge in [-0.15, -0.1) is 0 Å². The van der Waals surface area contributed by atoms with E-state index >= 15 is 0 Å². The maximum Gasteiger partial charge on any atom is 0.123 e. The van der Waals surface area contributed by atoms with E-state index in [0.717, 1.165) is 0 Å². The molecule has 1 aromatic heterocycles. The lowest BCUT2D eigenvalue weighted by Gasteiger charge is -2.27. The molecule has 4 N–H and O–H groups in total. The SMILES string of the molecule is CC(C)(C)c1cc(C(c2ccco2)c2cc(C(C)(C)C)c(O)cc2O)c(O)cc1O. The van der Waals surface area contributed by atoms with Crippen molar-refractivity contribution < 1.29 is 24.8 Å². The fourth-order valence-electron chi connectivity index (χ4n) is 3.78. The molecule has 0 aliphatic rings. The van der Waals surface area contributed by atoms with Crippen LogP contribution >= 0.6 is 0 Å². The molecule has 0 amide bonds. The zero-order chi connectivity index (χ0) is 22.4. The molecule has 5 heteroatoms. The zero-order valence-electron chi connectivity index (χ0n) is 18.3. The van der Waals surface area contributed by atoms with E-state index in [1.807, 2.05) is 41.5 Å². The monoisotopic (exact) mass is 410 g/mol. The fourth-order valence-corrected chi connectivity index (χ4v) is 3.78. The fraction of sp³-hybridized carbons (Fsp3) is 0.360. The third-order valence-electron chi connectivity index (χ3n) is 5.36. The highest BCUT2D eigenvalue weighted by Gasteiger charge is 2.31. The Labute approximate surface area is 177 Å². The van der Waals surface area contributed by atoms with Gasteiger partial charge in [0.1, 0.15) is 28.8 Å². The molecule has 0 spiro atoms. The van der Waals surface area contributed by atoms with Gasteiger partial charge in [0.25, 0.3) is 0 Å².